The average Bonchev–Trinajstić information content (AvgIpc) is 3.45. The molecule has 2 heterocycles. The monoisotopic (exact) mass is 464 g/mol. The van der Waals surface area contributed by atoms with Gasteiger partial charge in [0.05, 0.1) is 16.6 Å². The number of aromatic amines is 2. The van der Waals surface area contributed by atoms with E-state index < -0.39 is 0 Å². The molecule has 0 amide bonds. The topological polar surface area (TPSA) is 81.8 Å². The number of fused-ring (bicyclic) bond motifs is 2. The fraction of sp³-hybridized carbons (Fsp3) is 0.107. The molecule has 0 aliphatic carbocycles. The van der Waals surface area contributed by atoms with Crippen LogP contribution in [-0.4, -0.2) is 32.4 Å². The summed E-state index contributed by atoms with van der Waals surface area (Å²) in [6, 6.07) is 18.7. The second kappa shape index (κ2) is 9.38. The predicted octanol–water partition coefficient (Wildman–Crippen LogP) is 6.47. The molecule has 0 bridgehead atoms. The van der Waals surface area contributed by atoms with E-state index in [1.54, 1.807) is 18.5 Å². The van der Waals surface area contributed by atoms with Gasteiger partial charge in [0, 0.05) is 35.1 Å². The van der Waals surface area contributed by atoms with E-state index in [4.69, 9.17) is 4.98 Å². The number of imidazole rings is 1. The summed E-state index contributed by atoms with van der Waals surface area (Å²) in [7, 11) is 0. The third-order valence-corrected chi connectivity index (χ3v) is 5.52. The van der Waals surface area contributed by atoms with E-state index in [1.165, 1.54) is 12.1 Å². The molecule has 7 heteroatoms. The molecule has 0 aliphatic heterocycles. The van der Waals surface area contributed by atoms with Crippen molar-refractivity contribution in [3.05, 3.63) is 90.5 Å². The molecule has 0 aliphatic rings. The van der Waals surface area contributed by atoms with Crippen LogP contribution >= 0.6 is 0 Å². The summed E-state index contributed by atoms with van der Waals surface area (Å²) in [5.74, 6) is 0.365. The average molecular weight is 465 g/mol. The SMILES string of the molecule is C=C(C=N/C=C/c1ccc2[nH]nc(-c3nc4c(-c5cccc(F)c5)cccc4[nH]3)c2c1)NC(C)C. The van der Waals surface area contributed by atoms with Gasteiger partial charge in [0.15, 0.2) is 5.82 Å². The van der Waals surface area contributed by atoms with Gasteiger partial charge in [-0.3, -0.25) is 10.1 Å². The van der Waals surface area contributed by atoms with Gasteiger partial charge >= 0.3 is 0 Å². The Morgan fingerprint density at radius 1 is 1.09 bits per heavy atom. The van der Waals surface area contributed by atoms with Crippen LogP contribution in [0.25, 0.3) is 50.7 Å². The summed E-state index contributed by atoms with van der Waals surface area (Å²) < 4.78 is 13.8. The van der Waals surface area contributed by atoms with Crippen molar-refractivity contribution in [2.45, 2.75) is 19.9 Å². The number of hydrogen-bond donors (Lipinski definition) is 3. The number of allylic oxidation sites excluding steroid dienone is 1. The van der Waals surface area contributed by atoms with Crippen LogP contribution in [0.15, 0.2) is 84.1 Å². The third kappa shape index (κ3) is 4.75. The minimum absolute atomic E-state index is 0.279. The van der Waals surface area contributed by atoms with Gasteiger partial charge in [-0.25, -0.2) is 9.37 Å². The van der Waals surface area contributed by atoms with Crippen molar-refractivity contribution in [1.82, 2.24) is 25.5 Å². The zero-order valence-electron chi connectivity index (χ0n) is 19.5. The molecule has 3 N–H and O–H groups in total. The standard InChI is InChI=1S/C28H25FN6/c1-17(2)31-18(3)16-30-13-12-19-10-11-24-23(14-19)27(35-34-24)28-32-25-9-5-8-22(26(25)33-28)20-6-4-7-21(29)15-20/h4-17,31H,3H2,1-2H3,(H,32,33)(H,34,35)/b13-12+,30-16?. The zero-order valence-corrected chi connectivity index (χ0v) is 19.5. The largest absolute Gasteiger partial charge is 0.382 e. The van der Waals surface area contributed by atoms with Crippen molar-refractivity contribution in [2.24, 2.45) is 4.99 Å². The molecule has 2 aromatic heterocycles. The van der Waals surface area contributed by atoms with E-state index in [9.17, 15) is 4.39 Å². The van der Waals surface area contributed by atoms with Crippen LogP contribution in [-0.2, 0) is 0 Å². The second-order valence-corrected chi connectivity index (χ2v) is 8.59. The predicted molar refractivity (Wildman–Crippen MR) is 142 cm³/mol. The van der Waals surface area contributed by atoms with Gasteiger partial charge in [-0.2, -0.15) is 5.10 Å². The Morgan fingerprint density at radius 3 is 2.77 bits per heavy atom. The first kappa shape index (κ1) is 22.3. The van der Waals surface area contributed by atoms with E-state index in [-0.39, 0.29) is 5.82 Å². The quantitative estimate of drug-likeness (QED) is 0.242. The van der Waals surface area contributed by atoms with Gasteiger partial charge in [-0.15, -0.1) is 0 Å². The Bertz CT molecular complexity index is 1590. The van der Waals surface area contributed by atoms with Gasteiger partial charge in [0.25, 0.3) is 0 Å². The highest BCUT2D eigenvalue weighted by Crippen LogP contribution is 2.32. The van der Waals surface area contributed by atoms with E-state index in [0.29, 0.717) is 11.9 Å². The smallest absolute Gasteiger partial charge is 0.159 e. The number of nitrogens with one attached hydrogen (secondary N) is 3. The van der Waals surface area contributed by atoms with Gasteiger partial charge in [0.1, 0.15) is 11.5 Å². The number of rotatable bonds is 7. The van der Waals surface area contributed by atoms with Crippen molar-refractivity contribution >= 4 is 34.2 Å². The van der Waals surface area contributed by atoms with Crippen LogP contribution in [0.5, 0.6) is 0 Å². The first-order valence-corrected chi connectivity index (χ1v) is 11.4. The Kier molecular flexibility index (Phi) is 5.97. The van der Waals surface area contributed by atoms with E-state index >= 15 is 0 Å². The number of halogens is 1. The highest BCUT2D eigenvalue weighted by atomic mass is 19.1. The second-order valence-electron chi connectivity index (χ2n) is 8.59. The zero-order chi connectivity index (χ0) is 24.4. The van der Waals surface area contributed by atoms with Gasteiger partial charge < -0.3 is 10.3 Å². The molecule has 0 fully saturated rings. The van der Waals surface area contributed by atoms with Gasteiger partial charge in [-0.1, -0.05) is 36.9 Å². The summed E-state index contributed by atoms with van der Waals surface area (Å²) in [5.41, 5.74) is 6.63. The fourth-order valence-corrected chi connectivity index (χ4v) is 4.02. The molecular weight excluding hydrogens is 439 g/mol. The first-order chi connectivity index (χ1) is 17.0. The van der Waals surface area contributed by atoms with Crippen LogP contribution in [0.1, 0.15) is 19.4 Å². The molecule has 0 atom stereocenters. The molecule has 3 aromatic carbocycles. The van der Waals surface area contributed by atoms with Crippen molar-refractivity contribution in [3.63, 3.8) is 0 Å². The molecule has 0 saturated heterocycles. The maximum atomic E-state index is 13.8. The molecule has 0 unspecified atom stereocenters. The lowest BCUT2D eigenvalue weighted by atomic mass is 10.0. The minimum Gasteiger partial charge on any atom is -0.382 e. The molecule has 5 aromatic rings. The number of nitrogens with zero attached hydrogens (tertiary/aromatic N) is 3. The van der Waals surface area contributed by atoms with E-state index in [2.05, 4.69) is 45.9 Å². The van der Waals surface area contributed by atoms with Crippen molar-refractivity contribution < 1.29 is 4.39 Å². The molecule has 35 heavy (non-hydrogen) atoms. The van der Waals surface area contributed by atoms with Crippen molar-refractivity contribution in [1.29, 1.82) is 0 Å². The molecule has 0 saturated carbocycles. The highest BCUT2D eigenvalue weighted by Gasteiger charge is 2.15. The van der Waals surface area contributed by atoms with Crippen LogP contribution < -0.4 is 5.32 Å². The number of benzene rings is 3. The number of H-pyrrole nitrogens is 2. The van der Waals surface area contributed by atoms with Gasteiger partial charge in [0.2, 0.25) is 0 Å². The van der Waals surface area contributed by atoms with Crippen molar-refractivity contribution in [3.8, 4) is 22.6 Å². The maximum Gasteiger partial charge on any atom is 0.159 e. The van der Waals surface area contributed by atoms with E-state index in [1.807, 2.05) is 48.5 Å². The number of aliphatic imine (C=N–C) groups is 1. The number of para-hydroxylation sites is 1. The summed E-state index contributed by atoms with van der Waals surface area (Å²) >= 11 is 0. The lowest BCUT2D eigenvalue weighted by molar-refractivity contribution is 0.628. The number of hydrogen-bond acceptors (Lipinski definition) is 4. The summed E-state index contributed by atoms with van der Waals surface area (Å²) in [4.78, 5) is 12.5. The van der Waals surface area contributed by atoms with E-state index in [0.717, 1.165) is 50.0 Å². The minimum atomic E-state index is -0.279. The first-order valence-electron chi connectivity index (χ1n) is 11.4. The molecule has 5 rings (SSSR count). The summed E-state index contributed by atoms with van der Waals surface area (Å²) in [6.07, 6.45) is 5.36. The third-order valence-electron chi connectivity index (χ3n) is 5.52. The lowest BCUT2D eigenvalue weighted by Crippen LogP contribution is -2.21. The Labute approximate surface area is 202 Å². The molecular formula is C28H25FN6. The molecule has 6 nitrogen and oxygen atoms in total. The lowest BCUT2D eigenvalue weighted by Gasteiger charge is -2.07. The van der Waals surface area contributed by atoms with Crippen LogP contribution in [0.2, 0.25) is 0 Å². The van der Waals surface area contributed by atoms with Crippen LogP contribution in [0.3, 0.4) is 0 Å². The summed E-state index contributed by atoms with van der Waals surface area (Å²) in [6.45, 7) is 8.04. The molecule has 0 radical (unpaired) electrons. The fourth-order valence-electron chi connectivity index (χ4n) is 4.02. The Balaban J connectivity index is 1.48. The normalized spacial score (nSPS) is 12.0. The molecule has 0 spiro atoms. The van der Waals surface area contributed by atoms with Crippen LogP contribution in [0.4, 0.5) is 4.39 Å². The van der Waals surface area contributed by atoms with Crippen LogP contribution in [0, 0.1) is 5.82 Å². The van der Waals surface area contributed by atoms with Crippen molar-refractivity contribution in [2.75, 3.05) is 0 Å². The maximum absolute atomic E-state index is 13.8. The molecule has 174 valence electrons. The highest BCUT2D eigenvalue weighted by molar-refractivity contribution is 5.97. The Hall–Kier alpha value is -4.52. The Morgan fingerprint density at radius 2 is 1.94 bits per heavy atom. The number of aromatic nitrogens is 4. The van der Waals surface area contributed by atoms with Gasteiger partial charge in [-0.05, 0) is 61.4 Å². The summed E-state index contributed by atoms with van der Waals surface area (Å²) in [5, 5.41) is 11.7.